The number of aryl methyl sites for hydroxylation is 1. The van der Waals surface area contributed by atoms with E-state index in [2.05, 4.69) is 5.10 Å². The normalized spacial score (nSPS) is 11.7. The van der Waals surface area contributed by atoms with E-state index in [0.717, 1.165) is 6.07 Å². The van der Waals surface area contributed by atoms with Crippen molar-refractivity contribution >= 4 is 0 Å². The minimum atomic E-state index is -4.48. The molecule has 0 saturated heterocycles. The lowest BCUT2D eigenvalue weighted by Gasteiger charge is -2.14. The van der Waals surface area contributed by atoms with E-state index in [1.807, 2.05) is 0 Å². The van der Waals surface area contributed by atoms with Crippen molar-refractivity contribution in [3.63, 3.8) is 0 Å². The van der Waals surface area contributed by atoms with Gasteiger partial charge in [0.2, 0.25) is 0 Å². The summed E-state index contributed by atoms with van der Waals surface area (Å²) in [6.07, 6.45) is -2.79. The molecule has 7 heteroatoms. The zero-order valence-corrected chi connectivity index (χ0v) is 10.8. The van der Waals surface area contributed by atoms with Crippen molar-refractivity contribution in [2.75, 3.05) is 0 Å². The van der Waals surface area contributed by atoms with Crippen molar-refractivity contribution in [2.24, 2.45) is 12.8 Å². The van der Waals surface area contributed by atoms with Crippen LogP contribution in [0.25, 0.3) is 0 Å². The first kappa shape index (κ1) is 14.4. The van der Waals surface area contributed by atoms with Gasteiger partial charge in [-0.2, -0.15) is 18.3 Å². The molecule has 0 unspecified atom stereocenters. The molecule has 108 valence electrons. The Morgan fingerprint density at radius 1 is 1.30 bits per heavy atom. The van der Waals surface area contributed by atoms with Gasteiger partial charge in [-0.3, -0.25) is 4.68 Å². The number of ether oxygens (including phenoxy) is 1. The molecule has 0 aliphatic heterocycles. The molecule has 0 aliphatic rings. The van der Waals surface area contributed by atoms with Gasteiger partial charge in [0.15, 0.2) is 0 Å². The lowest BCUT2D eigenvalue weighted by atomic mass is 10.1. The smallest absolute Gasteiger partial charge is 0.419 e. The van der Waals surface area contributed by atoms with Crippen LogP contribution in [0.1, 0.15) is 16.8 Å². The van der Waals surface area contributed by atoms with Gasteiger partial charge in [0.1, 0.15) is 12.4 Å². The first-order chi connectivity index (χ1) is 9.40. The number of hydrogen-bond acceptors (Lipinski definition) is 3. The molecular formula is C13H14F3N3O. The number of rotatable bonds is 4. The van der Waals surface area contributed by atoms with Gasteiger partial charge >= 0.3 is 6.18 Å². The van der Waals surface area contributed by atoms with Crippen molar-refractivity contribution in [2.45, 2.75) is 19.3 Å². The maximum absolute atomic E-state index is 13.0. The van der Waals surface area contributed by atoms with Gasteiger partial charge < -0.3 is 10.5 Å². The molecular weight excluding hydrogens is 271 g/mol. The second-order valence-corrected chi connectivity index (χ2v) is 4.30. The Kier molecular flexibility index (Phi) is 3.99. The summed E-state index contributed by atoms with van der Waals surface area (Å²) in [5.74, 6) is -0.222. The molecule has 1 heterocycles. The van der Waals surface area contributed by atoms with Crippen LogP contribution < -0.4 is 10.5 Å². The molecule has 0 saturated carbocycles. The SMILES string of the molecule is Cn1ccc(COc2ccc(CN)cc2C(F)(F)F)n1. The lowest BCUT2D eigenvalue weighted by molar-refractivity contribution is -0.139. The first-order valence-electron chi connectivity index (χ1n) is 5.91. The third kappa shape index (κ3) is 3.30. The van der Waals surface area contributed by atoms with Gasteiger partial charge in [0, 0.05) is 19.8 Å². The zero-order chi connectivity index (χ0) is 14.8. The molecule has 0 amide bonds. The Hall–Kier alpha value is -2.02. The van der Waals surface area contributed by atoms with Crippen molar-refractivity contribution in [3.05, 3.63) is 47.3 Å². The molecule has 0 bridgehead atoms. The summed E-state index contributed by atoms with van der Waals surface area (Å²) in [6.45, 7) is 0.0233. The summed E-state index contributed by atoms with van der Waals surface area (Å²) in [7, 11) is 1.72. The van der Waals surface area contributed by atoms with Crippen molar-refractivity contribution in [1.29, 1.82) is 0 Å². The summed E-state index contributed by atoms with van der Waals surface area (Å²) < 4.78 is 45.6. The molecule has 0 spiro atoms. The molecule has 20 heavy (non-hydrogen) atoms. The van der Waals surface area contributed by atoms with Gasteiger partial charge in [-0.15, -0.1) is 0 Å². The first-order valence-corrected chi connectivity index (χ1v) is 5.91. The summed E-state index contributed by atoms with van der Waals surface area (Å²) >= 11 is 0. The average molecular weight is 285 g/mol. The van der Waals surface area contributed by atoms with Crippen LogP contribution in [0.4, 0.5) is 13.2 Å². The van der Waals surface area contributed by atoms with E-state index >= 15 is 0 Å². The molecule has 0 fully saturated rings. The Morgan fingerprint density at radius 3 is 2.60 bits per heavy atom. The minimum Gasteiger partial charge on any atom is -0.487 e. The fourth-order valence-corrected chi connectivity index (χ4v) is 1.74. The van der Waals surface area contributed by atoms with Crippen LogP contribution in [-0.4, -0.2) is 9.78 Å². The second-order valence-electron chi connectivity index (χ2n) is 4.30. The quantitative estimate of drug-likeness (QED) is 0.939. The van der Waals surface area contributed by atoms with Crippen LogP contribution in [0, 0.1) is 0 Å². The maximum atomic E-state index is 13.0. The van der Waals surface area contributed by atoms with Crippen LogP contribution >= 0.6 is 0 Å². The molecule has 0 aliphatic carbocycles. The zero-order valence-electron chi connectivity index (χ0n) is 10.8. The summed E-state index contributed by atoms with van der Waals surface area (Å²) in [5.41, 5.74) is 5.50. The number of alkyl halides is 3. The van der Waals surface area contributed by atoms with Crippen LogP contribution in [0.2, 0.25) is 0 Å². The summed E-state index contributed by atoms with van der Waals surface area (Å²) in [5, 5.41) is 4.04. The third-order valence-electron chi connectivity index (χ3n) is 2.73. The molecule has 2 rings (SSSR count). The van der Waals surface area contributed by atoms with Gasteiger partial charge in [-0.1, -0.05) is 6.07 Å². The fraction of sp³-hybridized carbons (Fsp3) is 0.308. The van der Waals surface area contributed by atoms with E-state index in [-0.39, 0.29) is 18.9 Å². The van der Waals surface area contributed by atoms with Gasteiger partial charge in [-0.05, 0) is 23.8 Å². The predicted octanol–water partition coefficient (Wildman–Crippen LogP) is 2.48. The van der Waals surface area contributed by atoms with Gasteiger partial charge in [0.25, 0.3) is 0 Å². The van der Waals surface area contributed by atoms with Crippen molar-refractivity contribution < 1.29 is 17.9 Å². The monoisotopic (exact) mass is 285 g/mol. The number of aromatic nitrogens is 2. The van der Waals surface area contributed by atoms with E-state index in [4.69, 9.17) is 10.5 Å². The molecule has 2 N–H and O–H groups in total. The second kappa shape index (κ2) is 5.54. The van der Waals surface area contributed by atoms with Gasteiger partial charge in [0.05, 0.1) is 11.3 Å². The molecule has 1 aromatic heterocycles. The number of nitrogens with two attached hydrogens (primary N) is 1. The Labute approximate surface area is 114 Å². The van der Waals surface area contributed by atoms with E-state index in [1.165, 1.54) is 12.1 Å². The van der Waals surface area contributed by atoms with Crippen LogP contribution in [-0.2, 0) is 26.4 Å². The Balaban J connectivity index is 2.22. The number of halogens is 3. The highest BCUT2D eigenvalue weighted by Gasteiger charge is 2.34. The number of benzene rings is 1. The number of hydrogen-bond donors (Lipinski definition) is 1. The van der Waals surface area contributed by atoms with E-state index in [0.29, 0.717) is 11.3 Å². The topological polar surface area (TPSA) is 53.1 Å². The standard InChI is InChI=1S/C13H14F3N3O/c1-19-5-4-10(18-19)8-20-12-3-2-9(7-17)6-11(12)13(14,15)16/h2-6H,7-8,17H2,1H3. The molecule has 0 radical (unpaired) electrons. The lowest BCUT2D eigenvalue weighted by Crippen LogP contribution is -2.10. The average Bonchev–Trinajstić information content (AvgIpc) is 2.81. The molecule has 1 aromatic carbocycles. The van der Waals surface area contributed by atoms with E-state index in [1.54, 1.807) is 24.0 Å². The Morgan fingerprint density at radius 2 is 2.05 bits per heavy atom. The van der Waals surface area contributed by atoms with Crippen LogP contribution in [0.5, 0.6) is 5.75 Å². The van der Waals surface area contributed by atoms with Crippen LogP contribution in [0.3, 0.4) is 0 Å². The van der Waals surface area contributed by atoms with E-state index in [9.17, 15) is 13.2 Å². The Bertz CT molecular complexity index is 593. The molecule has 2 aromatic rings. The third-order valence-corrected chi connectivity index (χ3v) is 2.73. The number of nitrogens with zero attached hydrogens (tertiary/aromatic N) is 2. The predicted molar refractivity (Wildman–Crippen MR) is 66.9 cm³/mol. The van der Waals surface area contributed by atoms with Crippen molar-refractivity contribution in [3.8, 4) is 5.75 Å². The highest BCUT2D eigenvalue weighted by molar-refractivity contribution is 5.39. The van der Waals surface area contributed by atoms with Gasteiger partial charge in [-0.25, -0.2) is 0 Å². The fourth-order valence-electron chi connectivity index (χ4n) is 1.74. The summed E-state index contributed by atoms with van der Waals surface area (Å²) in [4.78, 5) is 0. The van der Waals surface area contributed by atoms with Crippen LogP contribution in [0.15, 0.2) is 30.5 Å². The van der Waals surface area contributed by atoms with Crippen molar-refractivity contribution in [1.82, 2.24) is 9.78 Å². The highest BCUT2D eigenvalue weighted by atomic mass is 19.4. The molecule has 4 nitrogen and oxygen atoms in total. The minimum absolute atomic E-state index is 0.0219. The highest BCUT2D eigenvalue weighted by Crippen LogP contribution is 2.37. The largest absolute Gasteiger partial charge is 0.487 e. The maximum Gasteiger partial charge on any atom is 0.419 e. The van der Waals surface area contributed by atoms with E-state index < -0.39 is 11.7 Å². The molecule has 0 atom stereocenters. The summed E-state index contributed by atoms with van der Waals surface area (Å²) in [6, 6.07) is 5.49.